The predicted octanol–water partition coefficient (Wildman–Crippen LogP) is 1.94. The van der Waals surface area contributed by atoms with E-state index >= 15 is 0 Å². The van der Waals surface area contributed by atoms with Gasteiger partial charge in [-0.15, -0.1) is 0 Å². The van der Waals surface area contributed by atoms with Crippen LogP contribution < -0.4 is 15.4 Å². The Morgan fingerprint density at radius 3 is 2.81 bits per heavy atom. The SMILES string of the molecule is O=C1NC(c2ccccc2OCC(=O)N2CCCC2)Nc2ncccc21. The van der Waals surface area contributed by atoms with Crippen molar-refractivity contribution in [1.82, 2.24) is 15.2 Å². The van der Waals surface area contributed by atoms with E-state index in [9.17, 15) is 9.59 Å². The van der Waals surface area contributed by atoms with Crippen molar-refractivity contribution in [2.45, 2.75) is 19.0 Å². The smallest absolute Gasteiger partial charge is 0.260 e. The lowest BCUT2D eigenvalue weighted by Crippen LogP contribution is -2.39. The Bertz CT molecular complexity index is 833. The van der Waals surface area contributed by atoms with Gasteiger partial charge >= 0.3 is 0 Å². The summed E-state index contributed by atoms with van der Waals surface area (Å²) in [5, 5.41) is 6.12. The van der Waals surface area contributed by atoms with Gasteiger partial charge in [0.2, 0.25) is 0 Å². The molecule has 4 rings (SSSR count). The maximum Gasteiger partial charge on any atom is 0.260 e. The van der Waals surface area contributed by atoms with Crippen LogP contribution >= 0.6 is 0 Å². The van der Waals surface area contributed by atoms with Crippen molar-refractivity contribution in [3.05, 3.63) is 53.7 Å². The van der Waals surface area contributed by atoms with Crippen molar-refractivity contribution in [3.63, 3.8) is 0 Å². The molecular weight excluding hydrogens is 332 g/mol. The largest absolute Gasteiger partial charge is 0.483 e. The lowest BCUT2D eigenvalue weighted by atomic mass is 10.1. The first-order valence-electron chi connectivity index (χ1n) is 8.74. The molecule has 7 nitrogen and oxygen atoms in total. The molecule has 1 aromatic carbocycles. The van der Waals surface area contributed by atoms with Crippen LogP contribution in [0.1, 0.15) is 34.9 Å². The van der Waals surface area contributed by atoms with Gasteiger partial charge in [-0.2, -0.15) is 0 Å². The number of nitrogens with zero attached hydrogens (tertiary/aromatic N) is 2. The van der Waals surface area contributed by atoms with Crippen LogP contribution in [0.2, 0.25) is 0 Å². The van der Waals surface area contributed by atoms with Gasteiger partial charge in [-0.3, -0.25) is 9.59 Å². The van der Waals surface area contributed by atoms with E-state index in [0.29, 0.717) is 17.1 Å². The highest BCUT2D eigenvalue weighted by Gasteiger charge is 2.27. The van der Waals surface area contributed by atoms with Gasteiger partial charge in [0.1, 0.15) is 17.7 Å². The van der Waals surface area contributed by atoms with Crippen molar-refractivity contribution in [2.24, 2.45) is 0 Å². The minimum absolute atomic E-state index is 0.00742. The zero-order valence-electron chi connectivity index (χ0n) is 14.3. The molecule has 0 radical (unpaired) electrons. The molecule has 1 fully saturated rings. The van der Waals surface area contributed by atoms with Gasteiger partial charge in [0.15, 0.2) is 6.61 Å². The second-order valence-corrected chi connectivity index (χ2v) is 6.36. The van der Waals surface area contributed by atoms with E-state index in [4.69, 9.17) is 4.74 Å². The number of carbonyl (C=O) groups is 2. The van der Waals surface area contributed by atoms with Crippen LogP contribution in [0.25, 0.3) is 0 Å². The van der Waals surface area contributed by atoms with Crippen LogP contribution in [-0.4, -0.2) is 41.4 Å². The molecule has 2 aliphatic rings. The molecule has 2 aromatic rings. The molecule has 1 unspecified atom stereocenters. The van der Waals surface area contributed by atoms with Crippen LogP contribution in [0.15, 0.2) is 42.6 Å². The first-order valence-corrected chi connectivity index (χ1v) is 8.74. The standard InChI is InChI=1S/C19H20N4O3/c24-16(23-10-3-4-11-23)12-26-15-8-2-1-6-13(15)18-21-17-14(19(25)22-18)7-5-9-20-17/h1-2,5-9,18H,3-4,10-12H2,(H,20,21)(H,22,25). The number of para-hydroxylation sites is 1. The molecule has 1 aromatic heterocycles. The van der Waals surface area contributed by atoms with Crippen LogP contribution in [0.4, 0.5) is 5.82 Å². The first-order chi connectivity index (χ1) is 12.7. The summed E-state index contributed by atoms with van der Waals surface area (Å²) in [4.78, 5) is 30.6. The van der Waals surface area contributed by atoms with Gasteiger partial charge in [-0.1, -0.05) is 18.2 Å². The third-order valence-electron chi connectivity index (χ3n) is 4.65. The molecule has 0 saturated carbocycles. The molecule has 1 atom stereocenters. The molecule has 2 amide bonds. The average Bonchev–Trinajstić information content (AvgIpc) is 3.21. The number of benzene rings is 1. The Hall–Kier alpha value is -3.09. The number of likely N-dealkylation sites (tertiary alicyclic amines) is 1. The fourth-order valence-corrected chi connectivity index (χ4v) is 3.29. The van der Waals surface area contributed by atoms with E-state index in [1.165, 1.54) is 0 Å². The van der Waals surface area contributed by atoms with Crippen LogP contribution in [0, 0.1) is 0 Å². The quantitative estimate of drug-likeness (QED) is 0.879. The number of ether oxygens (including phenoxy) is 1. The Balaban J connectivity index is 1.51. The number of anilines is 1. The minimum atomic E-state index is -0.469. The minimum Gasteiger partial charge on any atom is -0.483 e. The van der Waals surface area contributed by atoms with Crippen LogP contribution in [0.5, 0.6) is 5.75 Å². The van der Waals surface area contributed by atoms with Crippen LogP contribution in [-0.2, 0) is 4.79 Å². The number of hydrogen-bond acceptors (Lipinski definition) is 5. The van der Waals surface area contributed by atoms with Gasteiger partial charge in [0, 0.05) is 24.8 Å². The number of aromatic nitrogens is 1. The normalized spacial score (nSPS) is 18.7. The van der Waals surface area contributed by atoms with Gasteiger partial charge in [-0.05, 0) is 31.0 Å². The van der Waals surface area contributed by atoms with E-state index in [1.54, 1.807) is 24.4 Å². The Morgan fingerprint density at radius 1 is 1.15 bits per heavy atom. The zero-order chi connectivity index (χ0) is 17.9. The van der Waals surface area contributed by atoms with Gasteiger partial charge in [0.05, 0.1) is 5.56 Å². The highest BCUT2D eigenvalue weighted by molar-refractivity contribution is 6.00. The summed E-state index contributed by atoms with van der Waals surface area (Å²) in [5.74, 6) is 0.895. The summed E-state index contributed by atoms with van der Waals surface area (Å²) in [6, 6.07) is 10.8. The molecule has 2 aliphatic heterocycles. The lowest BCUT2D eigenvalue weighted by Gasteiger charge is -2.28. The van der Waals surface area contributed by atoms with E-state index in [0.717, 1.165) is 31.5 Å². The number of amides is 2. The third-order valence-corrected chi connectivity index (χ3v) is 4.65. The van der Waals surface area contributed by atoms with Gasteiger partial charge in [-0.25, -0.2) is 4.98 Å². The van der Waals surface area contributed by atoms with Crippen molar-refractivity contribution >= 4 is 17.6 Å². The Morgan fingerprint density at radius 2 is 1.96 bits per heavy atom. The summed E-state index contributed by atoms with van der Waals surface area (Å²) >= 11 is 0. The van der Waals surface area contributed by atoms with Gasteiger partial charge in [0.25, 0.3) is 11.8 Å². The van der Waals surface area contributed by atoms with E-state index in [2.05, 4.69) is 15.6 Å². The summed E-state index contributed by atoms with van der Waals surface area (Å²) < 4.78 is 5.78. The maximum absolute atomic E-state index is 12.3. The fourth-order valence-electron chi connectivity index (χ4n) is 3.29. The Labute approximate surface area is 151 Å². The number of nitrogens with one attached hydrogen (secondary N) is 2. The van der Waals surface area contributed by atoms with Crippen molar-refractivity contribution in [2.75, 3.05) is 25.0 Å². The number of pyridine rings is 1. The molecule has 1 saturated heterocycles. The number of rotatable bonds is 4. The van der Waals surface area contributed by atoms with E-state index in [1.807, 2.05) is 23.1 Å². The molecule has 3 heterocycles. The van der Waals surface area contributed by atoms with Crippen molar-refractivity contribution in [1.29, 1.82) is 0 Å². The first kappa shape index (κ1) is 16.4. The lowest BCUT2D eigenvalue weighted by molar-refractivity contribution is -0.132. The van der Waals surface area contributed by atoms with Gasteiger partial charge < -0.3 is 20.3 Å². The highest BCUT2D eigenvalue weighted by atomic mass is 16.5. The average molecular weight is 352 g/mol. The van der Waals surface area contributed by atoms with Crippen molar-refractivity contribution in [3.8, 4) is 5.75 Å². The monoisotopic (exact) mass is 352 g/mol. The molecule has 7 heteroatoms. The van der Waals surface area contributed by atoms with Crippen molar-refractivity contribution < 1.29 is 14.3 Å². The highest BCUT2D eigenvalue weighted by Crippen LogP contribution is 2.30. The molecule has 0 spiro atoms. The molecule has 0 aliphatic carbocycles. The fraction of sp³-hybridized carbons (Fsp3) is 0.316. The Kier molecular flexibility index (Phi) is 4.43. The second kappa shape index (κ2) is 7.03. The molecule has 134 valence electrons. The summed E-state index contributed by atoms with van der Waals surface area (Å²) in [6.07, 6.45) is 3.26. The maximum atomic E-state index is 12.3. The molecule has 26 heavy (non-hydrogen) atoms. The number of carbonyl (C=O) groups excluding carboxylic acids is 2. The topological polar surface area (TPSA) is 83.6 Å². The van der Waals surface area contributed by atoms with Crippen LogP contribution in [0.3, 0.4) is 0 Å². The molecule has 0 bridgehead atoms. The zero-order valence-corrected chi connectivity index (χ0v) is 14.3. The third kappa shape index (κ3) is 3.20. The number of hydrogen-bond donors (Lipinski definition) is 2. The van der Waals surface area contributed by atoms with E-state index in [-0.39, 0.29) is 18.4 Å². The molecule has 2 N–H and O–H groups in total. The second-order valence-electron chi connectivity index (χ2n) is 6.36. The molecular formula is C19H20N4O3. The predicted molar refractivity (Wildman–Crippen MR) is 95.8 cm³/mol. The summed E-state index contributed by atoms with van der Waals surface area (Å²) in [7, 11) is 0. The summed E-state index contributed by atoms with van der Waals surface area (Å²) in [5.41, 5.74) is 1.26. The number of fused-ring (bicyclic) bond motifs is 1. The van der Waals surface area contributed by atoms with E-state index < -0.39 is 6.17 Å². The summed E-state index contributed by atoms with van der Waals surface area (Å²) in [6.45, 7) is 1.59.